The number of nitrogens with zero attached hydrogens (tertiary/aromatic N) is 2. The number of aromatic hydroxyl groups is 1. The van der Waals surface area contributed by atoms with E-state index in [1.54, 1.807) is 41.0 Å². The highest BCUT2D eigenvalue weighted by molar-refractivity contribution is 6.05. The van der Waals surface area contributed by atoms with Gasteiger partial charge in [-0.05, 0) is 56.2 Å². The number of carbonyl (C=O) groups is 3. The number of rotatable bonds is 4. The van der Waals surface area contributed by atoms with Crippen LogP contribution in [0.25, 0.3) is 10.8 Å². The largest absolute Gasteiger partial charge is 0.506 e. The van der Waals surface area contributed by atoms with Gasteiger partial charge in [0.2, 0.25) is 5.91 Å². The van der Waals surface area contributed by atoms with Gasteiger partial charge in [0.1, 0.15) is 17.6 Å². The summed E-state index contributed by atoms with van der Waals surface area (Å²) in [6, 6.07) is 13.7. The third-order valence-electron chi connectivity index (χ3n) is 7.04. The molecule has 3 heterocycles. The lowest BCUT2D eigenvalue weighted by atomic mass is 10.0. The molecular formula is C27H29N3O5. The van der Waals surface area contributed by atoms with E-state index in [-0.39, 0.29) is 40.8 Å². The summed E-state index contributed by atoms with van der Waals surface area (Å²) in [5, 5.41) is 15.2. The molecule has 3 aromatic rings. The molecule has 1 atom stereocenters. The Morgan fingerprint density at radius 2 is 1.74 bits per heavy atom. The lowest BCUT2D eigenvalue weighted by Gasteiger charge is -2.35. The second-order valence-corrected chi connectivity index (χ2v) is 9.32. The summed E-state index contributed by atoms with van der Waals surface area (Å²) in [5.41, 5.74) is 0.220. The minimum absolute atomic E-state index is 0.0344. The van der Waals surface area contributed by atoms with E-state index in [1.807, 2.05) is 24.3 Å². The summed E-state index contributed by atoms with van der Waals surface area (Å²) < 4.78 is 5.38. The maximum absolute atomic E-state index is 13.4. The Bertz CT molecular complexity index is 1270. The number of piperidine rings is 1. The molecule has 1 aromatic heterocycles. The number of fused-ring (bicyclic) bond motifs is 1. The van der Waals surface area contributed by atoms with Crippen LogP contribution in [0.3, 0.4) is 0 Å². The Kier molecular flexibility index (Phi) is 6.19. The molecule has 2 aliphatic rings. The number of carbonyl (C=O) groups excluding carboxylic acids is 3. The zero-order valence-corrected chi connectivity index (χ0v) is 19.7. The van der Waals surface area contributed by atoms with Crippen LogP contribution in [0.2, 0.25) is 0 Å². The van der Waals surface area contributed by atoms with Crippen molar-refractivity contribution in [3.05, 3.63) is 65.6 Å². The van der Waals surface area contributed by atoms with Gasteiger partial charge in [-0.15, -0.1) is 0 Å². The smallest absolute Gasteiger partial charge is 0.287 e. The van der Waals surface area contributed by atoms with Gasteiger partial charge in [0.05, 0.1) is 5.56 Å². The molecule has 8 nitrogen and oxygen atoms in total. The number of nitrogens with one attached hydrogen (secondary N) is 1. The Morgan fingerprint density at radius 1 is 0.971 bits per heavy atom. The first kappa shape index (κ1) is 23.0. The van der Waals surface area contributed by atoms with Gasteiger partial charge in [-0.2, -0.15) is 0 Å². The Hall–Kier alpha value is -3.81. The van der Waals surface area contributed by atoms with E-state index in [2.05, 4.69) is 5.32 Å². The SMILES string of the molecule is Cc1ccc(C(=O)NC2CCN(C(=O)C3CCCN3C(=O)c3ccc4ccccc4c3O)CC2)o1. The van der Waals surface area contributed by atoms with Crippen LogP contribution in [0.4, 0.5) is 0 Å². The summed E-state index contributed by atoms with van der Waals surface area (Å²) in [7, 11) is 0. The molecule has 5 rings (SSSR count). The van der Waals surface area contributed by atoms with Crippen molar-refractivity contribution in [1.82, 2.24) is 15.1 Å². The molecular weight excluding hydrogens is 446 g/mol. The third-order valence-corrected chi connectivity index (χ3v) is 7.04. The second-order valence-electron chi connectivity index (χ2n) is 9.32. The molecule has 2 aliphatic heterocycles. The number of amides is 3. The highest BCUT2D eigenvalue weighted by Gasteiger charge is 2.38. The second kappa shape index (κ2) is 9.44. The number of phenols is 1. The summed E-state index contributed by atoms with van der Waals surface area (Å²) in [5.74, 6) is 0.295. The lowest BCUT2D eigenvalue weighted by molar-refractivity contribution is -0.136. The molecule has 2 fully saturated rings. The van der Waals surface area contributed by atoms with Crippen molar-refractivity contribution in [2.24, 2.45) is 0 Å². The van der Waals surface area contributed by atoms with E-state index >= 15 is 0 Å². The number of likely N-dealkylation sites (tertiary alicyclic amines) is 2. The lowest BCUT2D eigenvalue weighted by Crippen LogP contribution is -2.52. The van der Waals surface area contributed by atoms with Crippen LogP contribution in [-0.4, -0.2) is 64.3 Å². The summed E-state index contributed by atoms with van der Waals surface area (Å²) in [6.07, 6.45) is 2.63. The molecule has 0 spiro atoms. The number of hydrogen-bond donors (Lipinski definition) is 2. The number of benzene rings is 2. The summed E-state index contributed by atoms with van der Waals surface area (Å²) >= 11 is 0. The predicted octanol–water partition coefficient (Wildman–Crippen LogP) is 3.47. The van der Waals surface area contributed by atoms with Crippen LogP contribution in [0.15, 0.2) is 52.9 Å². The van der Waals surface area contributed by atoms with Crippen LogP contribution >= 0.6 is 0 Å². The van der Waals surface area contributed by atoms with Crippen molar-refractivity contribution in [3.63, 3.8) is 0 Å². The molecule has 0 saturated carbocycles. The first-order chi connectivity index (χ1) is 16.9. The average Bonchev–Trinajstić information content (AvgIpc) is 3.54. The van der Waals surface area contributed by atoms with Crippen molar-refractivity contribution < 1.29 is 23.9 Å². The van der Waals surface area contributed by atoms with Gasteiger partial charge >= 0.3 is 0 Å². The minimum atomic E-state index is -0.536. The summed E-state index contributed by atoms with van der Waals surface area (Å²) in [6.45, 7) is 3.30. The van der Waals surface area contributed by atoms with E-state index in [4.69, 9.17) is 4.42 Å². The van der Waals surface area contributed by atoms with E-state index < -0.39 is 6.04 Å². The van der Waals surface area contributed by atoms with Crippen LogP contribution < -0.4 is 5.32 Å². The van der Waals surface area contributed by atoms with Crippen LogP contribution in [0.5, 0.6) is 5.75 Å². The zero-order valence-electron chi connectivity index (χ0n) is 19.7. The van der Waals surface area contributed by atoms with Crippen molar-refractivity contribution >= 4 is 28.5 Å². The molecule has 2 saturated heterocycles. The van der Waals surface area contributed by atoms with Gasteiger partial charge in [-0.25, -0.2) is 0 Å². The fourth-order valence-corrected chi connectivity index (χ4v) is 5.12. The monoisotopic (exact) mass is 475 g/mol. The van der Waals surface area contributed by atoms with E-state index in [9.17, 15) is 19.5 Å². The highest BCUT2D eigenvalue weighted by Crippen LogP contribution is 2.32. The maximum atomic E-state index is 13.4. The first-order valence-electron chi connectivity index (χ1n) is 12.1. The van der Waals surface area contributed by atoms with E-state index in [1.165, 1.54) is 0 Å². The van der Waals surface area contributed by atoms with Crippen molar-refractivity contribution in [2.75, 3.05) is 19.6 Å². The molecule has 0 aliphatic carbocycles. The Labute approximate surface area is 203 Å². The first-order valence-corrected chi connectivity index (χ1v) is 12.1. The van der Waals surface area contributed by atoms with Crippen LogP contribution in [0.1, 0.15) is 52.4 Å². The van der Waals surface area contributed by atoms with Crippen molar-refractivity contribution in [2.45, 2.75) is 44.7 Å². The van der Waals surface area contributed by atoms with Gasteiger partial charge in [0.15, 0.2) is 5.76 Å². The van der Waals surface area contributed by atoms with Gasteiger partial charge in [-0.1, -0.05) is 30.3 Å². The van der Waals surface area contributed by atoms with Gasteiger partial charge in [-0.3, -0.25) is 14.4 Å². The van der Waals surface area contributed by atoms with Crippen molar-refractivity contribution in [1.29, 1.82) is 0 Å². The normalized spacial score (nSPS) is 18.7. The standard InChI is InChI=1S/C27H29N3O5/c1-17-8-11-23(35-17)25(32)28-19-12-15-29(16-13-19)27(34)22-7-4-14-30(22)26(33)21-10-9-18-5-2-3-6-20(18)24(21)31/h2-3,5-6,8-11,19,22,31H,4,7,12-16H2,1H3,(H,28,32). The summed E-state index contributed by atoms with van der Waals surface area (Å²) in [4.78, 5) is 42.5. The van der Waals surface area contributed by atoms with Gasteiger partial charge < -0.3 is 24.6 Å². The zero-order chi connectivity index (χ0) is 24.5. The van der Waals surface area contributed by atoms with E-state index in [0.717, 1.165) is 11.8 Å². The number of phenolic OH excluding ortho intramolecular Hbond substituents is 1. The van der Waals surface area contributed by atoms with Gasteiger partial charge in [0.25, 0.3) is 11.8 Å². The number of hydrogen-bond acceptors (Lipinski definition) is 5. The topological polar surface area (TPSA) is 103 Å². The number of aryl methyl sites for hydroxylation is 1. The quantitative estimate of drug-likeness (QED) is 0.602. The molecule has 35 heavy (non-hydrogen) atoms. The molecule has 8 heteroatoms. The molecule has 0 radical (unpaired) electrons. The fraction of sp³-hybridized carbons (Fsp3) is 0.370. The average molecular weight is 476 g/mol. The predicted molar refractivity (Wildman–Crippen MR) is 130 cm³/mol. The molecule has 2 N–H and O–H groups in total. The van der Waals surface area contributed by atoms with Crippen molar-refractivity contribution in [3.8, 4) is 5.75 Å². The molecule has 1 unspecified atom stereocenters. The molecule has 182 valence electrons. The fourth-order valence-electron chi connectivity index (χ4n) is 5.12. The van der Waals surface area contributed by atoms with Gasteiger partial charge in [0, 0.05) is 31.1 Å². The van der Waals surface area contributed by atoms with Crippen LogP contribution in [0, 0.1) is 6.92 Å². The highest BCUT2D eigenvalue weighted by atomic mass is 16.3. The minimum Gasteiger partial charge on any atom is -0.506 e. The molecule has 3 amide bonds. The Balaban J connectivity index is 1.22. The number of furan rings is 1. The van der Waals surface area contributed by atoms with Crippen LogP contribution in [-0.2, 0) is 4.79 Å². The Morgan fingerprint density at radius 3 is 2.49 bits per heavy atom. The van der Waals surface area contributed by atoms with E-state index in [0.29, 0.717) is 50.0 Å². The molecule has 0 bridgehead atoms. The maximum Gasteiger partial charge on any atom is 0.287 e. The molecule has 2 aromatic carbocycles. The third kappa shape index (κ3) is 4.48.